The second-order valence-electron chi connectivity index (χ2n) is 5.44. The zero-order valence-electron chi connectivity index (χ0n) is 11.4. The van der Waals surface area contributed by atoms with E-state index in [0.29, 0.717) is 5.92 Å². The van der Waals surface area contributed by atoms with Crippen molar-refractivity contribution < 1.29 is 4.79 Å². The normalized spacial score (nSPS) is 20.9. The van der Waals surface area contributed by atoms with Gasteiger partial charge in [0.1, 0.15) is 0 Å². The molecule has 2 atom stereocenters. The van der Waals surface area contributed by atoms with Crippen LogP contribution in [0.5, 0.6) is 0 Å². The minimum Gasteiger partial charge on any atom is -0.352 e. The van der Waals surface area contributed by atoms with Gasteiger partial charge in [0, 0.05) is 6.04 Å². The first-order valence-electron chi connectivity index (χ1n) is 7.21. The maximum atomic E-state index is 11.9. The number of hydrogen-bond acceptors (Lipinski definition) is 2. The predicted molar refractivity (Wildman–Crippen MR) is 71.7 cm³/mol. The van der Waals surface area contributed by atoms with Crippen LogP contribution < -0.4 is 11.1 Å². The third-order valence-electron chi connectivity index (χ3n) is 3.93. The second-order valence-corrected chi connectivity index (χ2v) is 5.44. The molecule has 0 aromatic rings. The summed E-state index contributed by atoms with van der Waals surface area (Å²) in [5.41, 5.74) is 5.87. The summed E-state index contributed by atoms with van der Waals surface area (Å²) in [4.78, 5) is 11.9. The standard InChI is InChI=1S/C14H28N2O/c1-3-4-10-13(15)14(17)16-11(2)12-8-6-5-7-9-12/h11-13H,3-10,15H2,1-2H3,(H,16,17)/t11-,13+/m1/s1. The van der Waals surface area contributed by atoms with Crippen molar-refractivity contribution in [2.45, 2.75) is 77.3 Å². The van der Waals surface area contributed by atoms with Crippen molar-refractivity contribution in [2.75, 3.05) is 0 Å². The number of hydrogen-bond donors (Lipinski definition) is 2. The van der Waals surface area contributed by atoms with E-state index < -0.39 is 0 Å². The number of nitrogens with one attached hydrogen (secondary N) is 1. The quantitative estimate of drug-likeness (QED) is 0.750. The van der Waals surface area contributed by atoms with Crippen molar-refractivity contribution >= 4 is 5.91 Å². The van der Waals surface area contributed by atoms with Crippen LogP contribution in [0.1, 0.15) is 65.2 Å². The van der Waals surface area contributed by atoms with Gasteiger partial charge in [-0.05, 0) is 32.1 Å². The first-order chi connectivity index (χ1) is 8.15. The van der Waals surface area contributed by atoms with E-state index in [-0.39, 0.29) is 18.0 Å². The zero-order chi connectivity index (χ0) is 12.7. The molecule has 0 aromatic carbocycles. The van der Waals surface area contributed by atoms with Gasteiger partial charge in [-0.3, -0.25) is 4.79 Å². The van der Waals surface area contributed by atoms with Crippen LogP contribution in [0.4, 0.5) is 0 Å². The highest BCUT2D eigenvalue weighted by Crippen LogP contribution is 2.26. The summed E-state index contributed by atoms with van der Waals surface area (Å²) in [5, 5.41) is 3.09. The van der Waals surface area contributed by atoms with Gasteiger partial charge in [-0.15, -0.1) is 0 Å². The molecular weight excluding hydrogens is 212 g/mol. The SMILES string of the molecule is CCCC[C@H](N)C(=O)N[C@H](C)C1CCCCC1. The van der Waals surface area contributed by atoms with E-state index in [4.69, 9.17) is 5.73 Å². The van der Waals surface area contributed by atoms with Crippen molar-refractivity contribution in [1.82, 2.24) is 5.32 Å². The Labute approximate surface area is 106 Å². The molecule has 3 N–H and O–H groups in total. The monoisotopic (exact) mass is 240 g/mol. The Hall–Kier alpha value is -0.570. The van der Waals surface area contributed by atoms with Crippen LogP contribution in [0.15, 0.2) is 0 Å². The summed E-state index contributed by atoms with van der Waals surface area (Å²) in [6.45, 7) is 4.25. The van der Waals surface area contributed by atoms with E-state index in [1.165, 1.54) is 32.1 Å². The summed E-state index contributed by atoms with van der Waals surface area (Å²) in [5.74, 6) is 0.697. The van der Waals surface area contributed by atoms with Crippen LogP contribution in [-0.2, 0) is 4.79 Å². The van der Waals surface area contributed by atoms with Gasteiger partial charge in [0.05, 0.1) is 6.04 Å². The third kappa shape index (κ3) is 5.07. The maximum Gasteiger partial charge on any atom is 0.237 e. The van der Waals surface area contributed by atoms with E-state index in [0.717, 1.165) is 19.3 Å². The Kier molecular flexibility index (Phi) is 6.56. The number of unbranched alkanes of at least 4 members (excludes halogenated alkanes) is 1. The minimum absolute atomic E-state index is 0.0384. The van der Waals surface area contributed by atoms with E-state index >= 15 is 0 Å². The number of amides is 1. The van der Waals surface area contributed by atoms with E-state index in [1.807, 2.05) is 0 Å². The molecule has 1 fully saturated rings. The van der Waals surface area contributed by atoms with E-state index in [1.54, 1.807) is 0 Å². The van der Waals surface area contributed by atoms with Crippen LogP contribution >= 0.6 is 0 Å². The third-order valence-corrected chi connectivity index (χ3v) is 3.93. The van der Waals surface area contributed by atoms with E-state index in [9.17, 15) is 4.79 Å². The lowest BCUT2D eigenvalue weighted by atomic mass is 9.84. The average Bonchev–Trinajstić information content (AvgIpc) is 2.36. The molecule has 3 heteroatoms. The second kappa shape index (κ2) is 7.70. The molecule has 0 heterocycles. The van der Waals surface area contributed by atoms with Crippen molar-refractivity contribution in [3.05, 3.63) is 0 Å². The fraction of sp³-hybridized carbons (Fsp3) is 0.929. The molecular formula is C14H28N2O. The summed E-state index contributed by atoms with van der Waals surface area (Å²) in [6.07, 6.45) is 9.43. The van der Waals surface area contributed by atoms with Gasteiger partial charge in [0.2, 0.25) is 5.91 Å². The molecule has 1 aliphatic carbocycles. The Morgan fingerprint density at radius 3 is 2.59 bits per heavy atom. The van der Waals surface area contributed by atoms with Gasteiger partial charge in [-0.2, -0.15) is 0 Å². The van der Waals surface area contributed by atoms with Crippen LogP contribution in [0.2, 0.25) is 0 Å². The lowest BCUT2D eigenvalue weighted by molar-refractivity contribution is -0.123. The molecule has 0 saturated heterocycles. The summed E-state index contributed by atoms with van der Waals surface area (Å²) >= 11 is 0. The molecule has 0 bridgehead atoms. The zero-order valence-corrected chi connectivity index (χ0v) is 11.4. The Balaban J connectivity index is 2.28. The fourth-order valence-corrected chi connectivity index (χ4v) is 2.64. The molecule has 1 saturated carbocycles. The van der Waals surface area contributed by atoms with Gasteiger partial charge in [-0.1, -0.05) is 39.0 Å². The lowest BCUT2D eigenvalue weighted by Crippen LogP contribution is -2.47. The Bertz CT molecular complexity index is 224. The van der Waals surface area contributed by atoms with Crippen LogP contribution in [0.3, 0.4) is 0 Å². The molecule has 0 aromatic heterocycles. The molecule has 0 spiro atoms. The molecule has 0 unspecified atom stereocenters. The van der Waals surface area contributed by atoms with Crippen molar-refractivity contribution in [1.29, 1.82) is 0 Å². The van der Waals surface area contributed by atoms with Crippen molar-refractivity contribution in [3.8, 4) is 0 Å². The average molecular weight is 240 g/mol. The molecule has 1 amide bonds. The van der Waals surface area contributed by atoms with Crippen molar-refractivity contribution in [2.24, 2.45) is 11.7 Å². The Morgan fingerprint density at radius 1 is 1.35 bits per heavy atom. The number of rotatable bonds is 6. The van der Waals surface area contributed by atoms with Gasteiger partial charge in [0.15, 0.2) is 0 Å². The first kappa shape index (κ1) is 14.5. The predicted octanol–water partition coefficient (Wildman–Crippen LogP) is 2.59. The number of carbonyl (C=O) groups is 1. The molecule has 0 aliphatic heterocycles. The number of nitrogens with two attached hydrogens (primary N) is 1. The van der Waals surface area contributed by atoms with Gasteiger partial charge in [-0.25, -0.2) is 0 Å². The molecule has 17 heavy (non-hydrogen) atoms. The summed E-state index contributed by atoms with van der Waals surface area (Å²) in [6, 6.07) is -0.0310. The highest BCUT2D eigenvalue weighted by Gasteiger charge is 2.23. The molecule has 1 rings (SSSR count). The van der Waals surface area contributed by atoms with Crippen LogP contribution in [0.25, 0.3) is 0 Å². The highest BCUT2D eigenvalue weighted by atomic mass is 16.2. The van der Waals surface area contributed by atoms with E-state index in [2.05, 4.69) is 19.2 Å². The van der Waals surface area contributed by atoms with Crippen LogP contribution in [-0.4, -0.2) is 18.0 Å². The first-order valence-corrected chi connectivity index (χ1v) is 7.21. The van der Waals surface area contributed by atoms with Crippen LogP contribution in [0, 0.1) is 5.92 Å². The summed E-state index contributed by atoms with van der Waals surface area (Å²) in [7, 11) is 0. The highest BCUT2D eigenvalue weighted by molar-refractivity contribution is 5.81. The molecule has 0 radical (unpaired) electrons. The smallest absolute Gasteiger partial charge is 0.237 e. The Morgan fingerprint density at radius 2 is 2.00 bits per heavy atom. The molecule has 100 valence electrons. The van der Waals surface area contributed by atoms with Gasteiger partial charge >= 0.3 is 0 Å². The lowest BCUT2D eigenvalue weighted by Gasteiger charge is -2.29. The summed E-state index contributed by atoms with van der Waals surface area (Å²) < 4.78 is 0. The van der Waals surface area contributed by atoms with Crippen molar-refractivity contribution in [3.63, 3.8) is 0 Å². The van der Waals surface area contributed by atoms with Gasteiger partial charge < -0.3 is 11.1 Å². The maximum absolute atomic E-state index is 11.9. The fourth-order valence-electron chi connectivity index (χ4n) is 2.64. The molecule has 1 aliphatic rings. The molecule has 3 nitrogen and oxygen atoms in total. The topological polar surface area (TPSA) is 55.1 Å². The van der Waals surface area contributed by atoms with Gasteiger partial charge in [0.25, 0.3) is 0 Å². The largest absolute Gasteiger partial charge is 0.352 e. The number of carbonyl (C=O) groups excluding carboxylic acids is 1. The minimum atomic E-state index is -0.319.